The summed E-state index contributed by atoms with van der Waals surface area (Å²) in [6.07, 6.45) is -5.77. The van der Waals surface area contributed by atoms with Crippen LogP contribution < -0.4 is 5.73 Å². The predicted octanol–water partition coefficient (Wildman–Crippen LogP) is 0.439. The first-order chi connectivity index (χ1) is 4.87. The van der Waals surface area contributed by atoms with Gasteiger partial charge in [0.1, 0.15) is 6.04 Å². The van der Waals surface area contributed by atoms with Crippen LogP contribution in [0.5, 0.6) is 0 Å². The van der Waals surface area contributed by atoms with Crippen molar-refractivity contribution in [3.63, 3.8) is 0 Å². The molecule has 0 aliphatic rings. The third kappa shape index (κ3) is 4.60. The Morgan fingerprint density at radius 2 is 2.09 bits per heavy atom. The Morgan fingerprint density at radius 1 is 1.64 bits per heavy atom. The van der Waals surface area contributed by atoms with E-state index in [1.54, 1.807) is 0 Å². The monoisotopic (exact) mass is 171 g/mol. The Kier molecular flexibility index (Phi) is 3.31. The summed E-state index contributed by atoms with van der Waals surface area (Å²) in [5, 5.41) is 0. The van der Waals surface area contributed by atoms with E-state index in [1.807, 2.05) is 0 Å². The minimum atomic E-state index is -4.42. The van der Waals surface area contributed by atoms with Gasteiger partial charge < -0.3 is 10.5 Å². The first-order valence-electron chi connectivity index (χ1n) is 2.77. The Bertz CT molecular complexity index is 145. The van der Waals surface area contributed by atoms with Gasteiger partial charge >= 0.3 is 12.1 Å². The van der Waals surface area contributed by atoms with E-state index < -0.39 is 24.6 Å². The van der Waals surface area contributed by atoms with Crippen molar-refractivity contribution in [2.24, 2.45) is 5.73 Å². The summed E-state index contributed by atoms with van der Waals surface area (Å²) >= 11 is 0. The number of carbonyl (C=O) groups excluding carboxylic acids is 1. The molecule has 0 spiro atoms. The molecular formula is C5H8F3NO2. The normalized spacial score (nSPS) is 14.3. The van der Waals surface area contributed by atoms with Crippen molar-refractivity contribution in [2.45, 2.75) is 18.6 Å². The van der Waals surface area contributed by atoms with Gasteiger partial charge in [0.15, 0.2) is 0 Å². The zero-order chi connectivity index (χ0) is 9.07. The van der Waals surface area contributed by atoms with Crippen LogP contribution in [-0.4, -0.2) is 25.3 Å². The molecule has 1 atom stereocenters. The fourth-order valence-electron chi connectivity index (χ4n) is 0.484. The smallest absolute Gasteiger partial charge is 0.391 e. The van der Waals surface area contributed by atoms with Crippen molar-refractivity contribution in [3.8, 4) is 0 Å². The molecule has 66 valence electrons. The number of nitrogens with two attached hydrogens (primary N) is 1. The number of alkyl halides is 3. The van der Waals surface area contributed by atoms with Crippen LogP contribution in [0.2, 0.25) is 0 Å². The van der Waals surface area contributed by atoms with Crippen molar-refractivity contribution >= 4 is 5.97 Å². The minimum absolute atomic E-state index is 0.985. The molecule has 0 heterocycles. The summed E-state index contributed by atoms with van der Waals surface area (Å²) in [4.78, 5) is 10.3. The highest BCUT2D eigenvalue weighted by Gasteiger charge is 2.33. The van der Waals surface area contributed by atoms with Gasteiger partial charge in [-0.15, -0.1) is 0 Å². The van der Waals surface area contributed by atoms with Crippen LogP contribution in [0.25, 0.3) is 0 Å². The van der Waals surface area contributed by atoms with E-state index in [4.69, 9.17) is 5.73 Å². The lowest BCUT2D eigenvalue weighted by molar-refractivity contribution is -0.158. The van der Waals surface area contributed by atoms with Crippen molar-refractivity contribution in [1.82, 2.24) is 0 Å². The van der Waals surface area contributed by atoms with E-state index >= 15 is 0 Å². The average molecular weight is 171 g/mol. The second kappa shape index (κ2) is 3.56. The lowest BCUT2D eigenvalue weighted by atomic mass is 10.2. The lowest BCUT2D eigenvalue weighted by Gasteiger charge is -2.10. The molecule has 2 N–H and O–H groups in total. The van der Waals surface area contributed by atoms with Gasteiger partial charge in [0.25, 0.3) is 0 Å². The molecule has 0 saturated carbocycles. The molecule has 0 fully saturated rings. The number of methoxy groups -OCH3 is 1. The van der Waals surface area contributed by atoms with Gasteiger partial charge in [0, 0.05) is 0 Å². The van der Waals surface area contributed by atoms with Crippen LogP contribution in [0, 0.1) is 0 Å². The van der Waals surface area contributed by atoms with Crippen LogP contribution in [0.15, 0.2) is 0 Å². The predicted molar refractivity (Wildman–Crippen MR) is 30.7 cm³/mol. The Hall–Kier alpha value is -0.780. The summed E-state index contributed by atoms with van der Waals surface area (Å²) in [5.74, 6) is -1.05. The fraction of sp³-hybridized carbons (Fsp3) is 0.800. The molecule has 0 radical (unpaired) electrons. The molecule has 0 aliphatic carbocycles. The maximum atomic E-state index is 11.5. The Balaban J connectivity index is 3.87. The van der Waals surface area contributed by atoms with Gasteiger partial charge in [-0.2, -0.15) is 13.2 Å². The zero-order valence-corrected chi connectivity index (χ0v) is 5.81. The number of hydrogen-bond acceptors (Lipinski definition) is 3. The molecule has 0 rings (SSSR count). The van der Waals surface area contributed by atoms with Gasteiger partial charge in [-0.1, -0.05) is 0 Å². The number of rotatable bonds is 2. The highest BCUT2D eigenvalue weighted by Crippen LogP contribution is 2.20. The Morgan fingerprint density at radius 3 is 2.36 bits per heavy atom. The molecule has 0 aromatic rings. The van der Waals surface area contributed by atoms with E-state index in [0.29, 0.717) is 0 Å². The van der Waals surface area contributed by atoms with Crippen LogP contribution in [0.4, 0.5) is 13.2 Å². The van der Waals surface area contributed by atoms with E-state index in [9.17, 15) is 18.0 Å². The molecule has 0 aromatic heterocycles. The summed E-state index contributed by atoms with van der Waals surface area (Å²) in [5.41, 5.74) is 4.82. The maximum Gasteiger partial charge on any atom is 0.391 e. The molecule has 3 nitrogen and oxygen atoms in total. The van der Waals surface area contributed by atoms with Gasteiger partial charge in [-0.3, -0.25) is 4.79 Å². The standard InChI is InChI=1S/C5H8F3NO2/c1-11-4(10)3(9)2-5(6,7)8/h3H,2,9H2,1H3/t3-/m0/s1. The Labute approximate surface area is 61.3 Å². The molecule has 0 saturated heterocycles. The molecule has 11 heavy (non-hydrogen) atoms. The lowest BCUT2D eigenvalue weighted by Crippen LogP contribution is -2.36. The van der Waals surface area contributed by atoms with E-state index in [1.165, 1.54) is 0 Å². The van der Waals surface area contributed by atoms with E-state index in [2.05, 4.69) is 4.74 Å². The molecule has 0 aliphatic heterocycles. The van der Waals surface area contributed by atoms with Crippen LogP contribution in [0.1, 0.15) is 6.42 Å². The highest BCUT2D eigenvalue weighted by atomic mass is 19.4. The number of halogens is 3. The van der Waals surface area contributed by atoms with Crippen molar-refractivity contribution in [1.29, 1.82) is 0 Å². The van der Waals surface area contributed by atoms with Gasteiger partial charge in [-0.05, 0) is 0 Å². The molecule has 0 aromatic carbocycles. The molecule has 0 unspecified atom stereocenters. The van der Waals surface area contributed by atoms with Crippen molar-refractivity contribution in [3.05, 3.63) is 0 Å². The molecule has 6 heteroatoms. The molecule has 0 bridgehead atoms. The SMILES string of the molecule is COC(=O)[C@@H](N)CC(F)(F)F. The topological polar surface area (TPSA) is 52.3 Å². The summed E-state index contributed by atoms with van der Waals surface area (Å²) in [6, 6.07) is -1.61. The summed E-state index contributed by atoms with van der Waals surface area (Å²) in [6.45, 7) is 0. The van der Waals surface area contributed by atoms with Crippen LogP contribution in [-0.2, 0) is 9.53 Å². The summed E-state index contributed by atoms with van der Waals surface area (Å²) < 4.78 is 38.5. The van der Waals surface area contributed by atoms with Crippen molar-refractivity contribution < 1.29 is 22.7 Å². The van der Waals surface area contributed by atoms with Crippen LogP contribution in [0.3, 0.4) is 0 Å². The number of hydrogen-bond donors (Lipinski definition) is 1. The number of carbonyl (C=O) groups is 1. The molecule has 0 amide bonds. The fourth-order valence-corrected chi connectivity index (χ4v) is 0.484. The molecular weight excluding hydrogens is 163 g/mol. The second-order valence-corrected chi connectivity index (χ2v) is 1.95. The first-order valence-corrected chi connectivity index (χ1v) is 2.77. The van der Waals surface area contributed by atoms with Crippen molar-refractivity contribution in [2.75, 3.05) is 7.11 Å². The zero-order valence-electron chi connectivity index (χ0n) is 5.81. The first kappa shape index (κ1) is 10.2. The summed E-state index contributed by atoms with van der Waals surface area (Å²) in [7, 11) is 0.985. The van der Waals surface area contributed by atoms with E-state index in [-0.39, 0.29) is 0 Å². The number of esters is 1. The van der Waals surface area contributed by atoms with Gasteiger partial charge in [-0.25, -0.2) is 0 Å². The third-order valence-electron chi connectivity index (χ3n) is 0.955. The maximum absolute atomic E-state index is 11.5. The number of ether oxygens (including phenoxy) is 1. The average Bonchev–Trinajstić information content (AvgIpc) is 1.82. The third-order valence-corrected chi connectivity index (χ3v) is 0.955. The largest absolute Gasteiger partial charge is 0.468 e. The van der Waals surface area contributed by atoms with Gasteiger partial charge in [0.05, 0.1) is 13.5 Å². The van der Waals surface area contributed by atoms with Crippen LogP contribution >= 0.6 is 0 Å². The minimum Gasteiger partial charge on any atom is -0.468 e. The van der Waals surface area contributed by atoms with E-state index in [0.717, 1.165) is 7.11 Å². The quantitative estimate of drug-likeness (QED) is 0.613. The van der Waals surface area contributed by atoms with Gasteiger partial charge in [0.2, 0.25) is 0 Å². The highest BCUT2D eigenvalue weighted by molar-refractivity contribution is 5.75. The second-order valence-electron chi connectivity index (χ2n) is 1.95.